The molecule has 1 aromatic carbocycles. The van der Waals surface area contributed by atoms with Gasteiger partial charge in [-0.15, -0.1) is 0 Å². The van der Waals surface area contributed by atoms with Gasteiger partial charge in [0, 0.05) is 5.56 Å². The Balaban J connectivity index is 2.34. The largest absolute Gasteiger partial charge is 0.298 e. The summed E-state index contributed by atoms with van der Waals surface area (Å²) in [5, 5.41) is 0. The van der Waals surface area contributed by atoms with E-state index >= 15 is 0 Å². The molecule has 2 aliphatic rings. The van der Waals surface area contributed by atoms with Crippen molar-refractivity contribution in [2.45, 2.75) is 12.3 Å². The van der Waals surface area contributed by atoms with Crippen LogP contribution >= 0.6 is 0 Å². The lowest BCUT2D eigenvalue weighted by Crippen LogP contribution is -2.22. The predicted octanol–water partition coefficient (Wildman–Crippen LogP) is 1.95. The maximum atomic E-state index is 11.6. The van der Waals surface area contributed by atoms with Crippen molar-refractivity contribution >= 4 is 17.6 Å². The molecular weight excluding hydrogens is 176 g/mol. The van der Waals surface area contributed by atoms with Crippen molar-refractivity contribution in [3.8, 4) is 0 Å². The second-order valence-electron chi connectivity index (χ2n) is 3.71. The monoisotopic (exact) mass is 184 g/mol. The molecule has 0 bridgehead atoms. The van der Waals surface area contributed by atoms with Gasteiger partial charge in [0.2, 0.25) is 0 Å². The number of hydrogen-bond acceptors (Lipinski definition) is 2. The van der Waals surface area contributed by atoms with E-state index in [0.29, 0.717) is 0 Å². The third-order valence-corrected chi connectivity index (χ3v) is 2.90. The van der Waals surface area contributed by atoms with Crippen molar-refractivity contribution in [3.63, 3.8) is 0 Å². The lowest BCUT2D eigenvalue weighted by molar-refractivity contribution is -0.118. The topological polar surface area (TPSA) is 34.1 Å². The Labute approximate surface area is 81.2 Å². The van der Waals surface area contributed by atoms with Crippen molar-refractivity contribution in [2.75, 3.05) is 0 Å². The van der Waals surface area contributed by atoms with E-state index in [-0.39, 0.29) is 23.9 Å². The molecule has 1 unspecified atom stereocenters. The summed E-state index contributed by atoms with van der Waals surface area (Å²) in [6, 6.07) is 5.63. The van der Waals surface area contributed by atoms with Crippen molar-refractivity contribution in [3.05, 3.63) is 41.0 Å². The minimum Gasteiger partial charge on any atom is -0.298 e. The SMILES string of the molecule is O=C1CC(=O)C2C=Cc3cccc1c32. The van der Waals surface area contributed by atoms with Crippen molar-refractivity contribution in [2.24, 2.45) is 0 Å². The number of allylic oxidation sites excluding steroid dienone is 1. The molecule has 2 nitrogen and oxygen atoms in total. The summed E-state index contributed by atoms with van der Waals surface area (Å²) in [7, 11) is 0. The van der Waals surface area contributed by atoms with Crippen LogP contribution in [0.3, 0.4) is 0 Å². The van der Waals surface area contributed by atoms with Crippen LogP contribution < -0.4 is 0 Å². The Morgan fingerprint density at radius 2 is 2.07 bits per heavy atom. The van der Waals surface area contributed by atoms with E-state index in [1.807, 2.05) is 30.4 Å². The van der Waals surface area contributed by atoms with Crippen LogP contribution in [0.5, 0.6) is 0 Å². The lowest BCUT2D eigenvalue weighted by Gasteiger charge is -2.18. The van der Waals surface area contributed by atoms with Gasteiger partial charge in [0.1, 0.15) is 0 Å². The first-order chi connectivity index (χ1) is 6.77. The molecule has 0 spiro atoms. The van der Waals surface area contributed by atoms with Gasteiger partial charge in [-0.05, 0) is 11.1 Å². The van der Waals surface area contributed by atoms with E-state index in [1.54, 1.807) is 0 Å². The maximum absolute atomic E-state index is 11.6. The van der Waals surface area contributed by atoms with Crippen LogP contribution in [0.1, 0.15) is 33.8 Å². The predicted molar refractivity (Wildman–Crippen MR) is 52.2 cm³/mol. The van der Waals surface area contributed by atoms with Gasteiger partial charge in [-0.25, -0.2) is 0 Å². The molecule has 0 aliphatic heterocycles. The lowest BCUT2D eigenvalue weighted by atomic mass is 9.82. The summed E-state index contributed by atoms with van der Waals surface area (Å²) in [6.07, 6.45) is 3.88. The van der Waals surface area contributed by atoms with Crippen LogP contribution in [0, 0.1) is 0 Å². The van der Waals surface area contributed by atoms with Crippen LogP contribution in [0.25, 0.3) is 6.08 Å². The molecule has 2 heteroatoms. The van der Waals surface area contributed by atoms with E-state index in [0.717, 1.165) is 16.7 Å². The molecule has 1 aromatic rings. The highest BCUT2D eigenvalue weighted by Crippen LogP contribution is 2.37. The van der Waals surface area contributed by atoms with E-state index in [9.17, 15) is 9.59 Å². The molecular formula is C12H8O2. The van der Waals surface area contributed by atoms with Crippen molar-refractivity contribution in [1.29, 1.82) is 0 Å². The maximum Gasteiger partial charge on any atom is 0.170 e. The van der Waals surface area contributed by atoms with Crippen LogP contribution in [0.4, 0.5) is 0 Å². The molecule has 0 saturated carbocycles. The third kappa shape index (κ3) is 0.803. The fourth-order valence-electron chi connectivity index (χ4n) is 2.25. The van der Waals surface area contributed by atoms with Crippen molar-refractivity contribution in [1.82, 2.24) is 0 Å². The minimum absolute atomic E-state index is 0.0312. The number of carbonyl (C=O) groups is 2. The van der Waals surface area contributed by atoms with Crippen LogP contribution in [-0.2, 0) is 4.79 Å². The molecule has 0 radical (unpaired) electrons. The van der Waals surface area contributed by atoms with Gasteiger partial charge < -0.3 is 0 Å². The molecule has 14 heavy (non-hydrogen) atoms. The fraction of sp³-hybridized carbons (Fsp3) is 0.167. The van der Waals surface area contributed by atoms with Gasteiger partial charge in [-0.2, -0.15) is 0 Å². The summed E-state index contributed by atoms with van der Waals surface area (Å²) in [5.74, 6) is -0.158. The van der Waals surface area contributed by atoms with Gasteiger partial charge in [0.25, 0.3) is 0 Å². The van der Waals surface area contributed by atoms with Gasteiger partial charge in [0.15, 0.2) is 11.6 Å². The number of hydrogen-bond donors (Lipinski definition) is 0. The Kier molecular flexibility index (Phi) is 1.32. The van der Waals surface area contributed by atoms with E-state index in [4.69, 9.17) is 0 Å². The summed E-state index contributed by atoms with van der Waals surface area (Å²) < 4.78 is 0. The summed E-state index contributed by atoms with van der Waals surface area (Å²) in [4.78, 5) is 23.1. The Hall–Kier alpha value is -1.70. The van der Waals surface area contributed by atoms with E-state index in [1.165, 1.54) is 0 Å². The van der Waals surface area contributed by atoms with Crippen LogP contribution in [-0.4, -0.2) is 11.6 Å². The van der Waals surface area contributed by atoms with Crippen LogP contribution in [0.2, 0.25) is 0 Å². The molecule has 0 amide bonds. The zero-order valence-corrected chi connectivity index (χ0v) is 7.49. The first-order valence-corrected chi connectivity index (χ1v) is 4.64. The van der Waals surface area contributed by atoms with Gasteiger partial charge in [-0.3, -0.25) is 9.59 Å². The van der Waals surface area contributed by atoms with Gasteiger partial charge in [0.05, 0.1) is 12.3 Å². The molecule has 68 valence electrons. The molecule has 0 N–H and O–H groups in total. The second-order valence-corrected chi connectivity index (χ2v) is 3.71. The van der Waals surface area contributed by atoms with Gasteiger partial charge in [-0.1, -0.05) is 30.4 Å². The quantitative estimate of drug-likeness (QED) is 0.577. The standard InChI is InChI=1S/C12H8O2/c13-10-6-11(14)9-5-4-7-2-1-3-8(10)12(7)9/h1-5,9H,6H2. The third-order valence-electron chi connectivity index (χ3n) is 2.90. The second kappa shape index (κ2) is 2.41. The first-order valence-electron chi connectivity index (χ1n) is 4.64. The van der Waals surface area contributed by atoms with Crippen LogP contribution in [0.15, 0.2) is 24.3 Å². The summed E-state index contributed by atoms with van der Waals surface area (Å²) in [6.45, 7) is 0. The average molecular weight is 184 g/mol. The molecule has 3 rings (SSSR count). The zero-order chi connectivity index (χ0) is 9.71. The zero-order valence-electron chi connectivity index (χ0n) is 7.49. The number of rotatable bonds is 0. The minimum atomic E-state index is -0.154. The molecule has 0 fully saturated rings. The smallest absolute Gasteiger partial charge is 0.170 e. The average Bonchev–Trinajstić information content (AvgIpc) is 2.59. The normalized spacial score (nSPS) is 22.7. The van der Waals surface area contributed by atoms with Gasteiger partial charge >= 0.3 is 0 Å². The number of benzene rings is 1. The highest BCUT2D eigenvalue weighted by molar-refractivity contribution is 6.16. The summed E-state index contributed by atoms with van der Waals surface area (Å²) >= 11 is 0. The first kappa shape index (κ1) is 7.68. The highest BCUT2D eigenvalue weighted by Gasteiger charge is 2.34. The Morgan fingerprint density at radius 1 is 1.21 bits per heavy atom. The molecule has 1 atom stereocenters. The summed E-state index contributed by atoms with van der Waals surface area (Å²) in [5.41, 5.74) is 2.68. The Morgan fingerprint density at radius 3 is 2.93 bits per heavy atom. The van der Waals surface area contributed by atoms with E-state index in [2.05, 4.69) is 0 Å². The Bertz CT molecular complexity index is 483. The number of ketones is 2. The number of Topliss-reactive ketones (excluding diaryl/α,β-unsaturated/α-hetero) is 2. The van der Waals surface area contributed by atoms with E-state index < -0.39 is 0 Å². The molecule has 2 aliphatic carbocycles. The molecule has 0 aromatic heterocycles. The van der Waals surface area contributed by atoms with Crippen molar-refractivity contribution < 1.29 is 9.59 Å². The molecule has 0 heterocycles. The fourth-order valence-corrected chi connectivity index (χ4v) is 2.25. The number of carbonyl (C=O) groups excluding carboxylic acids is 2. The highest BCUT2D eigenvalue weighted by atomic mass is 16.1. The molecule has 0 saturated heterocycles.